The Hall–Kier alpha value is -1.63. The van der Waals surface area contributed by atoms with Gasteiger partial charge in [0.25, 0.3) is 0 Å². The minimum Gasteiger partial charge on any atom is -0.494 e. The summed E-state index contributed by atoms with van der Waals surface area (Å²) in [7, 11) is 0.697. The Morgan fingerprint density at radius 3 is 2.80 bits per heavy atom. The molecule has 108 valence electrons. The minimum atomic E-state index is -0.732. The molecule has 0 saturated carbocycles. The van der Waals surface area contributed by atoms with E-state index >= 15 is 0 Å². The van der Waals surface area contributed by atoms with Gasteiger partial charge in [0.1, 0.15) is 0 Å². The Morgan fingerprint density at radius 1 is 1.45 bits per heavy atom. The number of imidazole rings is 1. The van der Waals surface area contributed by atoms with Crippen molar-refractivity contribution < 1.29 is 13.3 Å². The summed E-state index contributed by atoms with van der Waals surface area (Å²) < 4.78 is 32.1. The van der Waals surface area contributed by atoms with Crippen LogP contribution in [0.1, 0.15) is 18.9 Å². The van der Waals surface area contributed by atoms with Gasteiger partial charge in [-0.1, -0.05) is 0 Å². The summed E-state index contributed by atoms with van der Waals surface area (Å²) in [6, 6.07) is 3.12. The molecule has 0 atom stereocenters. The van der Waals surface area contributed by atoms with Gasteiger partial charge in [-0.25, -0.2) is 9.37 Å². The summed E-state index contributed by atoms with van der Waals surface area (Å²) in [5.74, 6) is 1.43. The molecule has 0 unspecified atom stereocenters. The molecule has 2 heterocycles. The first-order valence-electron chi connectivity index (χ1n) is 6.46. The number of hydrogen-bond donors (Lipinski definition) is 1. The lowest BCUT2D eigenvalue weighted by molar-refractivity contribution is 0.387. The monoisotopic (exact) mass is 297 g/mol. The molecule has 1 saturated heterocycles. The molecule has 0 aliphatic carbocycles. The highest BCUT2D eigenvalue weighted by molar-refractivity contribution is 7.85. The third kappa shape index (κ3) is 2.15. The van der Waals surface area contributed by atoms with Crippen molar-refractivity contribution in [1.82, 2.24) is 9.55 Å². The van der Waals surface area contributed by atoms with Crippen LogP contribution in [0.2, 0.25) is 0 Å². The lowest BCUT2D eigenvalue weighted by Crippen LogP contribution is -2.22. The van der Waals surface area contributed by atoms with Crippen molar-refractivity contribution in [2.24, 2.45) is 0 Å². The Morgan fingerprint density at radius 2 is 2.15 bits per heavy atom. The van der Waals surface area contributed by atoms with Crippen molar-refractivity contribution in [3.8, 4) is 5.75 Å². The SMILES string of the molecule is COc1cc2c(cc1F)nc(N)n2C1CCS(=O)CC1. The number of benzene rings is 1. The van der Waals surface area contributed by atoms with Gasteiger partial charge >= 0.3 is 0 Å². The minimum absolute atomic E-state index is 0.160. The second-order valence-corrected chi connectivity index (χ2v) is 6.59. The molecule has 1 aromatic carbocycles. The normalized spacial score (nSPS) is 23.1. The van der Waals surface area contributed by atoms with Crippen molar-refractivity contribution in [2.45, 2.75) is 18.9 Å². The molecule has 1 fully saturated rings. The van der Waals surface area contributed by atoms with Crippen molar-refractivity contribution >= 4 is 27.8 Å². The first kappa shape index (κ1) is 13.4. The standard InChI is InChI=1S/C13H16FN3O2S/c1-19-12-7-11-10(6-9(12)14)16-13(15)17(11)8-2-4-20(18)5-3-8/h6-8H,2-5H2,1H3,(H2,15,16). The predicted molar refractivity (Wildman–Crippen MR) is 76.8 cm³/mol. The molecule has 5 nitrogen and oxygen atoms in total. The molecule has 0 radical (unpaired) electrons. The van der Waals surface area contributed by atoms with E-state index in [0.29, 0.717) is 23.0 Å². The third-order valence-corrected chi connectivity index (χ3v) is 5.10. The summed E-state index contributed by atoms with van der Waals surface area (Å²) in [6.45, 7) is 0. The number of nitrogens with two attached hydrogens (primary N) is 1. The van der Waals surface area contributed by atoms with E-state index in [2.05, 4.69) is 4.98 Å². The van der Waals surface area contributed by atoms with E-state index in [-0.39, 0.29) is 11.8 Å². The number of ether oxygens (including phenoxy) is 1. The molecular formula is C13H16FN3O2S. The largest absolute Gasteiger partial charge is 0.494 e. The van der Waals surface area contributed by atoms with Gasteiger partial charge in [0.05, 0.1) is 18.1 Å². The second kappa shape index (κ2) is 5.05. The summed E-state index contributed by atoms with van der Waals surface area (Å²) in [5.41, 5.74) is 7.26. The smallest absolute Gasteiger partial charge is 0.201 e. The van der Waals surface area contributed by atoms with Gasteiger partial charge in [0.2, 0.25) is 5.95 Å². The second-order valence-electron chi connectivity index (χ2n) is 4.89. The third-order valence-electron chi connectivity index (χ3n) is 3.71. The topological polar surface area (TPSA) is 70.1 Å². The van der Waals surface area contributed by atoms with Crippen LogP contribution in [0.4, 0.5) is 10.3 Å². The van der Waals surface area contributed by atoms with E-state index in [0.717, 1.165) is 18.4 Å². The van der Waals surface area contributed by atoms with Gasteiger partial charge in [-0.3, -0.25) is 4.21 Å². The molecule has 1 aliphatic rings. The maximum Gasteiger partial charge on any atom is 0.201 e. The zero-order valence-corrected chi connectivity index (χ0v) is 12.0. The lowest BCUT2D eigenvalue weighted by Gasteiger charge is -2.24. The first-order valence-corrected chi connectivity index (χ1v) is 7.95. The van der Waals surface area contributed by atoms with Crippen molar-refractivity contribution in [3.05, 3.63) is 17.9 Å². The van der Waals surface area contributed by atoms with Crippen LogP contribution in [0.5, 0.6) is 5.75 Å². The average molecular weight is 297 g/mol. The maximum absolute atomic E-state index is 13.7. The highest BCUT2D eigenvalue weighted by Crippen LogP contribution is 2.32. The zero-order chi connectivity index (χ0) is 14.3. The van der Waals surface area contributed by atoms with Crippen molar-refractivity contribution in [3.63, 3.8) is 0 Å². The van der Waals surface area contributed by atoms with Crippen LogP contribution in [0, 0.1) is 5.82 Å². The maximum atomic E-state index is 13.7. The molecule has 1 aromatic heterocycles. The molecule has 0 spiro atoms. The number of anilines is 1. The molecule has 2 N–H and O–H groups in total. The average Bonchev–Trinajstić information content (AvgIpc) is 2.74. The molecular weight excluding hydrogens is 281 g/mol. The fourth-order valence-electron chi connectivity index (χ4n) is 2.70. The van der Waals surface area contributed by atoms with Crippen LogP contribution in [-0.2, 0) is 10.8 Å². The fraction of sp³-hybridized carbons (Fsp3) is 0.462. The number of nitrogen functional groups attached to an aromatic ring is 1. The number of hydrogen-bond acceptors (Lipinski definition) is 4. The first-order chi connectivity index (χ1) is 9.60. The lowest BCUT2D eigenvalue weighted by atomic mass is 10.1. The summed E-state index contributed by atoms with van der Waals surface area (Å²) in [6.07, 6.45) is 1.59. The number of fused-ring (bicyclic) bond motifs is 1. The van der Waals surface area contributed by atoms with Crippen LogP contribution < -0.4 is 10.5 Å². The van der Waals surface area contributed by atoms with E-state index in [9.17, 15) is 8.60 Å². The molecule has 2 aromatic rings. The van der Waals surface area contributed by atoms with E-state index in [1.165, 1.54) is 13.2 Å². The summed E-state index contributed by atoms with van der Waals surface area (Å²) >= 11 is 0. The van der Waals surface area contributed by atoms with Gasteiger partial charge in [0.15, 0.2) is 11.6 Å². The molecule has 0 amide bonds. The van der Waals surface area contributed by atoms with Gasteiger partial charge < -0.3 is 15.0 Å². The predicted octanol–water partition coefficient (Wildman–Crippen LogP) is 1.85. The Kier molecular flexibility index (Phi) is 3.37. The molecule has 0 bridgehead atoms. The number of rotatable bonds is 2. The van der Waals surface area contributed by atoms with E-state index in [1.54, 1.807) is 6.07 Å². The van der Waals surface area contributed by atoms with Gasteiger partial charge in [-0.15, -0.1) is 0 Å². The molecule has 3 rings (SSSR count). The number of methoxy groups -OCH3 is 1. The van der Waals surface area contributed by atoms with Crippen LogP contribution in [0.3, 0.4) is 0 Å². The number of aromatic nitrogens is 2. The van der Waals surface area contributed by atoms with E-state index in [4.69, 9.17) is 10.5 Å². The summed E-state index contributed by atoms with van der Waals surface area (Å²) in [5, 5.41) is 0. The summed E-state index contributed by atoms with van der Waals surface area (Å²) in [4.78, 5) is 4.21. The molecule has 20 heavy (non-hydrogen) atoms. The van der Waals surface area contributed by atoms with Gasteiger partial charge in [-0.05, 0) is 12.8 Å². The van der Waals surface area contributed by atoms with Crippen LogP contribution in [-0.4, -0.2) is 32.4 Å². The Balaban J connectivity index is 2.09. The molecule has 1 aliphatic heterocycles. The van der Waals surface area contributed by atoms with Crippen LogP contribution >= 0.6 is 0 Å². The number of halogens is 1. The fourth-order valence-corrected chi connectivity index (χ4v) is 3.97. The quantitative estimate of drug-likeness (QED) is 0.918. The van der Waals surface area contributed by atoms with E-state index < -0.39 is 16.6 Å². The van der Waals surface area contributed by atoms with Gasteiger partial charge in [0, 0.05) is 40.5 Å². The van der Waals surface area contributed by atoms with Crippen LogP contribution in [0.25, 0.3) is 11.0 Å². The van der Waals surface area contributed by atoms with E-state index in [1.807, 2.05) is 4.57 Å². The van der Waals surface area contributed by atoms with Crippen molar-refractivity contribution in [2.75, 3.05) is 24.3 Å². The van der Waals surface area contributed by atoms with Crippen LogP contribution in [0.15, 0.2) is 12.1 Å². The van der Waals surface area contributed by atoms with Crippen molar-refractivity contribution in [1.29, 1.82) is 0 Å². The molecule has 7 heteroatoms. The zero-order valence-electron chi connectivity index (χ0n) is 11.1. The number of nitrogens with zero attached hydrogens (tertiary/aromatic N) is 2. The van der Waals surface area contributed by atoms with Gasteiger partial charge in [-0.2, -0.15) is 0 Å². The Bertz CT molecular complexity index is 676. The highest BCUT2D eigenvalue weighted by atomic mass is 32.2. The Labute approximate surface area is 118 Å². The highest BCUT2D eigenvalue weighted by Gasteiger charge is 2.24.